The maximum atomic E-state index is 11.6. The van der Waals surface area contributed by atoms with Crippen molar-refractivity contribution in [3.63, 3.8) is 0 Å². The molecule has 3 heteroatoms. The van der Waals surface area contributed by atoms with Gasteiger partial charge in [0.15, 0.2) is 5.78 Å². The Morgan fingerprint density at radius 2 is 2.14 bits per heavy atom. The smallest absolute Gasteiger partial charge is 0.164 e. The average molecular weight is 252 g/mol. The summed E-state index contributed by atoms with van der Waals surface area (Å²) in [5.41, 5.74) is 0.699. The van der Waals surface area contributed by atoms with E-state index in [9.17, 15) is 4.79 Å². The monoisotopic (exact) mass is 251 g/mol. The number of Topliss-reactive ketones (excluding diaryl/α,β-unsaturated/α-hetero) is 1. The SMILES string of the molecule is N#CCCCC(=O)c1ccccc1Br. The van der Waals surface area contributed by atoms with E-state index in [1.165, 1.54) is 0 Å². The first-order chi connectivity index (χ1) is 6.75. The molecule has 2 nitrogen and oxygen atoms in total. The molecular weight excluding hydrogens is 242 g/mol. The Labute approximate surface area is 91.7 Å². The molecule has 0 radical (unpaired) electrons. The molecule has 0 unspecified atom stereocenters. The second-order valence-corrected chi connectivity index (χ2v) is 3.77. The molecule has 14 heavy (non-hydrogen) atoms. The van der Waals surface area contributed by atoms with Gasteiger partial charge in [0.25, 0.3) is 0 Å². The first-order valence-electron chi connectivity index (χ1n) is 4.40. The minimum atomic E-state index is 0.0905. The molecule has 72 valence electrons. The van der Waals surface area contributed by atoms with E-state index in [0.29, 0.717) is 24.8 Å². The summed E-state index contributed by atoms with van der Waals surface area (Å²) in [4.78, 5) is 11.6. The van der Waals surface area contributed by atoms with Crippen molar-refractivity contribution in [1.82, 2.24) is 0 Å². The van der Waals surface area contributed by atoms with Gasteiger partial charge in [0.05, 0.1) is 6.07 Å². The van der Waals surface area contributed by atoms with Gasteiger partial charge in [0, 0.05) is 22.9 Å². The lowest BCUT2D eigenvalue weighted by Gasteiger charge is -2.01. The van der Waals surface area contributed by atoms with Crippen LogP contribution < -0.4 is 0 Å². The van der Waals surface area contributed by atoms with Crippen molar-refractivity contribution in [2.75, 3.05) is 0 Å². The molecular formula is C11H10BrNO. The van der Waals surface area contributed by atoms with Gasteiger partial charge >= 0.3 is 0 Å². The fraction of sp³-hybridized carbons (Fsp3) is 0.273. The van der Waals surface area contributed by atoms with Crippen molar-refractivity contribution >= 4 is 21.7 Å². The van der Waals surface area contributed by atoms with E-state index in [2.05, 4.69) is 15.9 Å². The van der Waals surface area contributed by atoms with Gasteiger partial charge in [-0.25, -0.2) is 0 Å². The van der Waals surface area contributed by atoms with Crippen LogP contribution in [-0.4, -0.2) is 5.78 Å². The third-order valence-corrected chi connectivity index (χ3v) is 2.56. The fourth-order valence-corrected chi connectivity index (χ4v) is 1.66. The average Bonchev–Trinajstić information content (AvgIpc) is 2.18. The van der Waals surface area contributed by atoms with Gasteiger partial charge in [-0.3, -0.25) is 4.79 Å². The molecule has 0 fully saturated rings. The standard InChI is InChI=1S/C11H10BrNO/c12-10-6-2-1-5-9(10)11(14)7-3-4-8-13/h1-2,5-6H,3-4,7H2. The number of carbonyl (C=O) groups is 1. The topological polar surface area (TPSA) is 40.9 Å². The fourth-order valence-electron chi connectivity index (χ4n) is 1.15. The van der Waals surface area contributed by atoms with Crippen molar-refractivity contribution in [1.29, 1.82) is 5.26 Å². The van der Waals surface area contributed by atoms with Gasteiger partial charge in [0.2, 0.25) is 0 Å². The lowest BCUT2D eigenvalue weighted by molar-refractivity contribution is 0.0980. The highest BCUT2D eigenvalue weighted by Crippen LogP contribution is 2.18. The molecule has 0 saturated heterocycles. The normalized spacial score (nSPS) is 9.43. The maximum absolute atomic E-state index is 11.6. The van der Waals surface area contributed by atoms with Gasteiger partial charge in [-0.1, -0.05) is 34.1 Å². The van der Waals surface area contributed by atoms with Crippen molar-refractivity contribution in [2.45, 2.75) is 19.3 Å². The number of ketones is 1. The summed E-state index contributed by atoms with van der Waals surface area (Å²) in [5.74, 6) is 0.0905. The van der Waals surface area contributed by atoms with E-state index in [-0.39, 0.29) is 5.78 Å². The number of rotatable bonds is 4. The maximum Gasteiger partial charge on any atom is 0.164 e. The second-order valence-electron chi connectivity index (χ2n) is 2.91. The lowest BCUT2D eigenvalue weighted by Crippen LogP contribution is -1.99. The van der Waals surface area contributed by atoms with Gasteiger partial charge < -0.3 is 0 Å². The third-order valence-electron chi connectivity index (χ3n) is 1.87. The van der Waals surface area contributed by atoms with Crippen molar-refractivity contribution in [3.8, 4) is 6.07 Å². The molecule has 0 bridgehead atoms. The third kappa shape index (κ3) is 2.97. The van der Waals surface area contributed by atoms with Crippen molar-refractivity contribution in [3.05, 3.63) is 34.3 Å². The lowest BCUT2D eigenvalue weighted by atomic mass is 10.1. The molecule has 1 aromatic carbocycles. The summed E-state index contributed by atoms with van der Waals surface area (Å²) < 4.78 is 0.821. The van der Waals surface area contributed by atoms with E-state index >= 15 is 0 Å². The number of nitriles is 1. The Hall–Kier alpha value is -1.14. The Bertz CT molecular complexity index is 368. The van der Waals surface area contributed by atoms with Gasteiger partial charge in [-0.15, -0.1) is 0 Å². The summed E-state index contributed by atoms with van der Waals surface area (Å²) in [6.07, 6.45) is 1.52. The highest BCUT2D eigenvalue weighted by molar-refractivity contribution is 9.10. The van der Waals surface area contributed by atoms with Crippen LogP contribution in [0.5, 0.6) is 0 Å². The van der Waals surface area contributed by atoms with Crippen LogP contribution in [0, 0.1) is 11.3 Å². The van der Waals surface area contributed by atoms with E-state index in [4.69, 9.17) is 5.26 Å². The van der Waals surface area contributed by atoms with Gasteiger partial charge in [-0.2, -0.15) is 5.26 Å². The summed E-state index contributed by atoms with van der Waals surface area (Å²) in [5, 5.41) is 8.33. The number of hydrogen-bond donors (Lipinski definition) is 0. The van der Waals surface area contributed by atoms with E-state index in [0.717, 1.165) is 4.47 Å². The van der Waals surface area contributed by atoms with Crippen LogP contribution in [0.25, 0.3) is 0 Å². The zero-order valence-corrected chi connectivity index (χ0v) is 9.25. The van der Waals surface area contributed by atoms with E-state index < -0.39 is 0 Å². The van der Waals surface area contributed by atoms with Crippen LogP contribution in [-0.2, 0) is 0 Å². The van der Waals surface area contributed by atoms with Crippen LogP contribution in [0.15, 0.2) is 28.7 Å². The molecule has 0 N–H and O–H groups in total. The van der Waals surface area contributed by atoms with Crippen LogP contribution in [0.2, 0.25) is 0 Å². The molecule has 0 aliphatic carbocycles. The van der Waals surface area contributed by atoms with E-state index in [1.807, 2.05) is 24.3 Å². The van der Waals surface area contributed by atoms with Gasteiger partial charge in [-0.05, 0) is 12.5 Å². The predicted molar refractivity (Wildman–Crippen MR) is 57.9 cm³/mol. The van der Waals surface area contributed by atoms with Crippen molar-refractivity contribution < 1.29 is 4.79 Å². The van der Waals surface area contributed by atoms with Crippen LogP contribution in [0.1, 0.15) is 29.6 Å². The van der Waals surface area contributed by atoms with Crippen LogP contribution in [0.3, 0.4) is 0 Å². The minimum absolute atomic E-state index is 0.0905. The highest BCUT2D eigenvalue weighted by atomic mass is 79.9. The molecule has 0 aliphatic heterocycles. The molecule has 0 saturated carbocycles. The molecule has 0 heterocycles. The zero-order chi connectivity index (χ0) is 10.4. The van der Waals surface area contributed by atoms with E-state index in [1.54, 1.807) is 6.07 Å². The van der Waals surface area contributed by atoms with Crippen LogP contribution >= 0.6 is 15.9 Å². The molecule has 0 amide bonds. The highest BCUT2D eigenvalue weighted by Gasteiger charge is 2.07. The number of halogens is 1. The number of carbonyl (C=O) groups excluding carboxylic acids is 1. The minimum Gasteiger partial charge on any atom is -0.294 e. The molecule has 1 aromatic rings. The quantitative estimate of drug-likeness (QED) is 0.609. The second kappa shape index (κ2) is 5.56. The summed E-state index contributed by atoms with van der Waals surface area (Å²) in [7, 11) is 0. The first kappa shape index (κ1) is 10.9. The number of benzene rings is 1. The molecule has 0 atom stereocenters. The Kier molecular flexibility index (Phi) is 4.34. The molecule has 1 rings (SSSR count). The molecule has 0 aliphatic rings. The summed E-state index contributed by atoms with van der Waals surface area (Å²) in [6, 6.07) is 9.37. The predicted octanol–water partition coefficient (Wildman–Crippen LogP) is 3.33. The van der Waals surface area contributed by atoms with Gasteiger partial charge in [0.1, 0.15) is 0 Å². The Morgan fingerprint density at radius 1 is 1.43 bits per heavy atom. The summed E-state index contributed by atoms with van der Waals surface area (Å²) >= 11 is 3.32. The largest absolute Gasteiger partial charge is 0.294 e. The van der Waals surface area contributed by atoms with Crippen LogP contribution in [0.4, 0.5) is 0 Å². The van der Waals surface area contributed by atoms with Crippen molar-refractivity contribution in [2.24, 2.45) is 0 Å². The number of hydrogen-bond acceptors (Lipinski definition) is 2. The Morgan fingerprint density at radius 3 is 2.79 bits per heavy atom. The first-order valence-corrected chi connectivity index (χ1v) is 5.19. The molecule has 0 spiro atoms. The summed E-state index contributed by atoms with van der Waals surface area (Å²) in [6.45, 7) is 0. The zero-order valence-electron chi connectivity index (χ0n) is 7.66. The molecule has 0 aromatic heterocycles. The number of unbranched alkanes of at least 4 members (excludes halogenated alkanes) is 1. The number of nitrogens with zero attached hydrogens (tertiary/aromatic N) is 1. The Balaban J connectivity index is 2.62.